The Morgan fingerprint density at radius 2 is 2.20 bits per heavy atom. The van der Waals surface area contributed by atoms with E-state index in [9.17, 15) is 13.9 Å². The lowest BCUT2D eigenvalue weighted by Gasteiger charge is -2.13. The average molecular weight is 282 g/mol. The summed E-state index contributed by atoms with van der Waals surface area (Å²) in [7, 11) is 1.84. The standard InChI is InChI=1S/C13H16F2N4O/c1-19-8-17-18-13(19)4-5-16-7-12(20)10-6-9(14)2-3-11(10)15/h2-3,6,8,12,16,20H,4-5,7H2,1H3. The zero-order chi connectivity index (χ0) is 14.5. The van der Waals surface area contributed by atoms with E-state index in [0.29, 0.717) is 13.0 Å². The van der Waals surface area contributed by atoms with Crippen LogP contribution in [0.25, 0.3) is 0 Å². The summed E-state index contributed by atoms with van der Waals surface area (Å²) < 4.78 is 28.2. The maximum Gasteiger partial charge on any atom is 0.133 e. The first-order chi connectivity index (χ1) is 9.58. The highest BCUT2D eigenvalue weighted by atomic mass is 19.1. The first kappa shape index (κ1) is 14.5. The molecule has 1 aromatic carbocycles. The summed E-state index contributed by atoms with van der Waals surface area (Å²) in [4.78, 5) is 0. The second-order valence-electron chi connectivity index (χ2n) is 4.49. The highest BCUT2D eigenvalue weighted by molar-refractivity contribution is 5.21. The van der Waals surface area contributed by atoms with Gasteiger partial charge in [0.05, 0.1) is 6.10 Å². The van der Waals surface area contributed by atoms with Crippen LogP contribution in [0.5, 0.6) is 0 Å². The van der Waals surface area contributed by atoms with Crippen LogP contribution in [0.15, 0.2) is 24.5 Å². The van der Waals surface area contributed by atoms with Crippen LogP contribution >= 0.6 is 0 Å². The zero-order valence-corrected chi connectivity index (χ0v) is 11.1. The molecule has 0 saturated heterocycles. The number of aryl methyl sites for hydroxylation is 1. The lowest BCUT2D eigenvalue weighted by Crippen LogP contribution is -2.25. The molecule has 1 atom stereocenters. The van der Waals surface area contributed by atoms with Crippen molar-refractivity contribution in [3.8, 4) is 0 Å². The number of aliphatic hydroxyl groups excluding tert-OH is 1. The van der Waals surface area contributed by atoms with Crippen LogP contribution < -0.4 is 5.32 Å². The molecule has 1 aromatic heterocycles. The Hall–Kier alpha value is -1.86. The van der Waals surface area contributed by atoms with Crippen LogP contribution in [-0.4, -0.2) is 33.0 Å². The van der Waals surface area contributed by atoms with Crippen LogP contribution in [0.2, 0.25) is 0 Å². The number of aromatic nitrogens is 3. The van der Waals surface area contributed by atoms with Gasteiger partial charge in [0.2, 0.25) is 0 Å². The Morgan fingerprint density at radius 3 is 2.90 bits per heavy atom. The molecule has 1 unspecified atom stereocenters. The number of hydrogen-bond acceptors (Lipinski definition) is 4. The highest BCUT2D eigenvalue weighted by Crippen LogP contribution is 2.17. The fourth-order valence-electron chi connectivity index (χ4n) is 1.85. The summed E-state index contributed by atoms with van der Waals surface area (Å²) in [5, 5.41) is 20.5. The molecule has 0 aliphatic heterocycles. The van der Waals surface area contributed by atoms with E-state index in [0.717, 1.165) is 24.0 Å². The van der Waals surface area contributed by atoms with Crippen LogP contribution in [0, 0.1) is 11.6 Å². The average Bonchev–Trinajstić information content (AvgIpc) is 2.83. The van der Waals surface area contributed by atoms with E-state index in [-0.39, 0.29) is 12.1 Å². The van der Waals surface area contributed by atoms with Crippen molar-refractivity contribution in [1.82, 2.24) is 20.1 Å². The van der Waals surface area contributed by atoms with Gasteiger partial charge in [-0.1, -0.05) is 0 Å². The number of nitrogens with zero attached hydrogens (tertiary/aromatic N) is 3. The summed E-state index contributed by atoms with van der Waals surface area (Å²) in [6.07, 6.45) is 1.14. The van der Waals surface area contributed by atoms with Gasteiger partial charge in [-0.05, 0) is 18.2 Å². The van der Waals surface area contributed by atoms with Crippen LogP contribution in [0.1, 0.15) is 17.5 Å². The molecule has 0 bridgehead atoms. The van der Waals surface area contributed by atoms with Crippen molar-refractivity contribution in [2.45, 2.75) is 12.5 Å². The number of nitrogens with one attached hydrogen (secondary N) is 1. The van der Waals surface area contributed by atoms with Gasteiger partial charge in [0.15, 0.2) is 0 Å². The van der Waals surface area contributed by atoms with Crippen molar-refractivity contribution >= 4 is 0 Å². The lowest BCUT2D eigenvalue weighted by molar-refractivity contribution is 0.170. The summed E-state index contributed by atoms with van der Waals surface area (Å²) in [6, 6.07) is 3.03. The van der Waals surface area contributed by atoms with E-state index in [1.165, 1.54) is 0 Å². The summed E-state index contributed by atoms with van der Waals surface area (Å²) in [5.74, 6) is -0.377. The van der Waals surface area contributed by atoms with Gasteiger partial charge in [-0.25, -0.2) is 8.78 Å². The second kappa shape index (κ2) is 6.53. The second-order valence-corrected chi connectivity index (χ2v) is 4.49. The Labute approximate surface area is 115 Å². The van der Waals surface area contributed by atoms with E-state index in [1.54, 1.807) is 10.9 Å². The van der Waals surface area contributed by atoms with Gasteiger partial charge in [0.25, 0.3) is 0 Å². The Kier molecular flexibility index (Phi) is 4.75. The van der Waals surface area contributed by atoms with Crippen LogP contribution in [0.3, 0.4) is 0 Å². The number of rotatable bonds is 6. The summed E-state index contributed by atoms with van der Waals surface area (Å²) in [6.45, 7) is 0.693. The van der Waals surface area contributed by atoms with Gasteiger partial charge in [-0.2, -0.15) is 0 Å². The van der Waals surface area contributed by atoms with E-state index in [4.69, 9.17) is 0 Å². The van der Waals surface area contributed by atoms with Crippen molar-refractivity contribution in [1.29, 1.82) is 0 Å². The highest BCUT2D eigenvalue weighted by Gasteiger charge is 2.13. The molecule has 2 N–H and O–H groups in total. The molecule has 0 amide bonds. The third-order valence-electron chi connectivity index (χ3n) is 2.99. The third-order valence-corrected chi connectivity index (χ3v) is 2.99. The van der Waals surface area contributed by atoms with Gasteiger partial charge in [-0.3, -0.25) is 0 Å². The molecular weight excluding hydrogens is 266 g/mol. The summed E-state index contributed by atoms with van der Waals surface area (Å²) in [5.41, 5.74) is -0.0452. The normalized spacial score (nSPS) is 12.6. The number of halogens is 2. The first-order valence-corrected chi connectivity index (χ1v) is 6.24. The molecule has 108 valence electrons. The molecule has 2 rings (SSSR count). The van der Waals surface area contributed by atoms with E-state index in [2.05, 4.69) is 15.5 Å². The van der Waals surface area contributed by atoms with E-state index in [1.807, 2.05) is 7.05 Å². The van der Waals surface area contributed by atoms with Gasteiger partial charge in [0, 0.05) is 32.1 Å². The predicted molar refractivity (Wildman–Crippen MR) is 68.9 cm³/mol. The molecule has 0 fully saturated rings. The van der Waals surface area contributed by atoms with Crippen molar-refractivity contribution < 1.29 is 13.9 Å². The fraction of sp³-hybridized carbons (Fsp3) is 0.385. The Morgan fingerprint density at radius 1 is 1.40 bits per heavy atom. The van der Waals surface area contributed by atoms with Crippen molar-refractivity contribution in [2.75, 3.05) is 13.1 Å². The number of aliphatic hydroxyl groups is 1. The molecule has 5 nitrogen and oxygen atoms in total. The molecule has 0 saturated carbocycles. The Balaban J connectivity index is 1.82. The smallest absolute Gasteiger partial charge is 0.133 e. The minimum absolute atomic E-state index is 0.0452. The minimum Gasteiger partial charge on any atom is -0.387 e. The first-order valence-electron chi connectivity index (χ1n) is 6.24. The third kappa shape index (κ3) is 3.58. The fourth-order valence-corrected chi connectivity index (χ4v) is 1.85. The lowest BCUT2D eigenvalue weighted by atomic mass is 10.1. The van der Waals surface area contributed by atoms with Gasteiger partial charge >= 0.3 is 0 Å². The minimum atomic E-state index is -1.09. The number of benzene rings is 1. The summed E-state index contributed by atoms with van der Waals surface area (Å²) >= 11 is 0. The molecular formula is C13H16F2N4O. The molecule has 0 radical (unpaired) electrons. The molecule has 0 aliphatic carbocycles. The SMILES string of the molecule is Cn1cnnc1CCNCC(O)c1cc(F)ccc1F. The van der Waals surface area contributed by atoms with Crippen LogP contribution in [0.4, 0.5) is 8.78 Å². The molecule has 2 aromatic rings. The van der Waals surface area contributed by atoms with Crippen LogP contribution in [-0.2, 0) is 13.5 Å². The van der Waals surface area contributed by atoms with Crippen molar-refractivity contribution in [2.24, 2.45) is 7.05 Å². The monoisotopic (exact) mass is 282 g/mol. The quantitative estimate of drug-likeness (QED) is 0.775. The Bertz CT molecular complexity index is 573. The maximum absolute atomic E-state index is 13.4. The molecule has 0 spiro atoms. The molecule has 1 heterocycles. The van der Waals surface area contributed by atoms with Gasteiger partial charge < -0.3 is 15.0 Å². The molecule has 7 heteroatoms. The van der Waals surface area contributed by atoms with Gasteiger partial charge in [-0.15, -0.1) is 10.2 Å². The topological polar surface area (TPSA) is 63.0 Å². The number of hydrogen-bond donors (Lipinski definition) is 2. The molecule has 0 aliphatic rings. The van der Waals surface area contributed by atoms with Crippen molar-refractivity contribution in [3.63, 3.8) is 0 Å². The molecule has 20 heavy (non-hydrogen) atoms. The van der Waals surface area contributed by atoms with E-state index < -0.39 is 17.7 Å². The van der Waals surface area contributed by atoms with Gasteiger partial charge in [0.1, 0.15) is 23.8 Å². The zero-order valence-electron chi connectivity index (χ0n) is 11.1. The predicted octanol–water partition coefficient (Wildman–Crippen LogP) is 0.959. The van der Waals surface area contributed by atoms with Crippen molar-refractivity contribution in [3.05, 3.63) is 47.5 Å². The maximum atomic E-state index is 13.4. The van der Waals surface area contributed by atoms with E-state index >= 15 is 0 Å². The largest absolute Gasteiger partial charge is 0.387 e.